The lowest BCUT2D eigenvalue weighted by Gasteiger charge is -2.14. The standard InChI is InChI=1S/C25H26F3N5O5/c26-25(27,28)15-38-24-32-22-29-14-16-6-5-7-18(12-16)36-10-3-1-2-4-11-37-20-13-17(30-23(31-22)33-24)8-9-19(20)21(34)35/h5-9,12-13H,1-4,10-11,14-15H2,(H,34,35)(H2,29,30,31,32,33). The molecule has 0 aliphatic carbocycles. The Balaban J connectivity index is 1.64. The maximum Gasteiger partial charge on any atom is 0.422 e. The first kappa shape index (κ1) is 26.8. The van der Waals surface area contributed by atoms with E-state index >= 15 is 0 Å². The molecule has 0 atom stereocenters. The number of hydrogen-bond donors (Lipinski definition) is 3. The topological polar surface area (TPSA) is 128 Å². The van der Waals surface area contributed by atoms with Crippen LogP contribution in [0.25, 0.3) is 0 Å². The van der Waals surface area contributed by atoms with Crippen molar-refractivity contribution in [3.63, 3.8) is 0 Å². The lowest BCUT2D eigenvalue weighted by atomic mass is 10.1. The number of carboxylic acid groups (broad SMARTS) is 1. The van der Waals surface area contributed by atoms with Crippen molar-refractivity contribution in [1.82, 2.24) is 15.0 Å². The number of carboxylic acids is 1. The Morgan fingerprint density at radius 1 is 0.974 bits per heavy atom. The summed E-state index contributed by atoms with van der Waals surface area (Å²) >= 11 is 0. The second kappa shape index (κ2) is 12.3. The third-order valence-electron chi connectivity index (χ3n) is 5.36. The molecule has 3 N–H and O–H groups in total. The van der Waals surface area contributed by atoms with E-state index in [1.807, 2.05) is 24.3 Å². The second-order valence-electron chi connectivity index (χ2n) is 8.42. The summed E-state index contributed by atoms with van der Waals surface area (Å²) in [6.45, 7) is -0.488. The van der Waals surface area contributed by atoms with Crippen molar-refractivity contribution in [2.45, 2.75) is 38.4 Å². The number of ether oxygens (including phenoxy) is 3. The molecule has 6 bridgehead atoms. The largest absolute Gasteiger partial charge is 0.494 e. The third kappa shape index (κ3) is 8.11. The number of alkyl halides is 3. The smallest absolute Gasteiger partial charge is 0.422 e. The van der Waals surface area contributed by atoms with E-state index in [-0.39, 0.29) is 29.8 Å². The highest BCUT2D eigenvalue weighted by molar-refractivity contribution is 5.91. The number of nitrogens with one attached hydrogen (secondary N) is 2. The molecule has 202 valence electrons. The van der Waals surface area contributed by atoms with Crippen LogP contribution in [0.1, 0.15) is 41.6 Å². The van der Waals surface area contributed by atoms with Crippen LogP contribution < -0.4 is 24.8 Å². The molecule has 1 aliphatic heterocycles. The zero-order chi connectivity index (χ0) is 27.0. The summed E-state index contributed by atoms with van der Waals surface area (Å²) in [5.74, 6) is -0.469. The number of aromatic nitrogens is 3. The number of anilines is 3. The minimum Gasteiger partial charge on any atom is -0.494 e. The van der Waals surface area contributed by atoms with E-state index in [9.17, 15) is 23.1 Å². The summed E-state index contributed by atoms with van der Waals surface area (Å²) in [6, 6.07) is 11.1. The molecule has 0 unspecified atom stereocenters. The van der Waals surface area contributed by atoms with Crippen molar-refractivity contribution in [3.8, 4) is 17.5 Å². The van der Waals surface area contributed by atoms with Gasteiger partial charge in [0.15, 0.2) is 6.61 Å². The van der Waals surface area contributed by atoms with E-state index in [0.717, 1.165) is 24.8 Å². The molecular formula is C25H26F3N5O5. The van der Waals surface area contributed by atoms with Gasteiger partial charge in [-0.1, -0.05) is 12.1 Å². The van der Waals surface area contributed by atoms with Crippen LogP contribution in [0.5, 0.6) is 17.5 Å². The van der Waals surface area contributed by atoms with Gasteiger partial charge in [-0.3, -0.25) is 0 Å². The fourth-order valence-corrected chi connectivity index (χ4v) is 3.58. The van der Waals surface area contributed by atoms with E-state index in [1.165, 1.54) is 18.2 Å². The van der Waals surface area contributed by atoms with Gasteiger partial charge in [0.25, 0.3) is 0 Å². The van der Waals surface area contributed by atoms with Crippen LogP contribution in [-0.2, 0) is 6.54 Å². The number of aromatic carboxylic acids is 1. The molecule has 1 aliphatic rings. The number of hydrogen-bond acceptors (Lipinski definition) is 9. The van der Waals surface area contributed by atoms with E-state index in [1.54, 1.807) is 0 Å². The van der Waals surface area contributed by atoms with Crippen molar-refractivity contribution in [2.75, 3.05) is 30.5 Å². The molecule has 3 aromatic rings. The highest BCUT2D eigenvalue weighted by atomic mass is 19.4. The van der Waals surface area contributed by atoms with Gasteiger partial charge >= 0.3 is 18.2 Å². The van der Waals surface area contributed by atoms with Gasteiger partial charge in [0, 0.05) is 18.3 Å². The minimum absolute atomic E-state index is 0.0283. The molecule has 10 nitrogen and oxygen atoms in total. The molecule has 13 heteroatoms. The van der Waals surface area contributed by atoms with Gasteiger partial charge in [0.2, 0.25) is 11.9 Å². The van der Waals surface area contributed by atoms with Crippen molar-refractivity contribution in [1.29, 1.82) is 0 Å². The first-order valence-electron chi connectivity index (χ1n) is 11.9. The predicted molar refractivity (Wildman–Crippen MR) is 131 cm³/mol. The molecule has 0 spiro atoms. The SMILES string of the molecule is O=C(O)c1ccc2cc1OCCCCCCOc1cccc(c1)CNc1nc(nc(OCC(F)(F)F)n1)N2. The van der Waals surface area contributed by atoms with Crippen LogP contribution >= 0.6 is 0 Å². The summed E-state index contributed by atoms with van der Waals surface area (Å²) < 4.78 is 54.5. The fraction of sp³-hybridized carbons (Fsp3) is 0.360. The molecule has 0 amide bonds. The average Bonchev–Trinajstić information content (AvgIpc) is 2.87. The molecule has 2 aromatic carbocycles. The van der Waals surface area contributed by atoms with Gasteiger partial charge in [-0.05, 0) is 55.5 Å². The number of fused-ring (bicyclic) bond motifs is 6. The van der Waals surface area contributed by atoms with Gasteiger partial charge in [0.05, 0.1) is 13.2 Å². The van der Waals surface area contributed by atoms with Gasteiger partial charge in [0.1, 0.15) is 17.1 Å². The lowest BCUT2D eigenvalue weighted by Crippen LogP contribution is -2.21. The van der Waals surface area contributed by atoms with E-state index < -0.39 is 24.8 Å². The summed E-state index contributed by atoms with van der Waals surface area (Å²) in [7, 11) is 0. The molecule has 0 radical (unpaired) electrons. The van der Waals surface area contributed by atoms with Gasteiger partial charge in [-0.25, -0.2) is 4.79 Å². The van der Waals surface area contributed by atoms with Crippen molar-refractivity contribution < 1.29 is 37.3 Å². The van der Waals surface area contributed by atoms with E-state index in [2.05, 4.69) is 25.6 Å². The maximum atomic E-state index is 12.7. The summed E-state index contributed by atoms with van der Waals surface area (Å²) in [5.41, 5.74) is 1.18. The Bertz CT molecular complexity index is 1260. The van der Waals surface area contributed by atoms with Crippen LogP contribution in [0.2, 0.25) is 0 Å². The highest BCUT2D eigenvalue weighted by Gasteiger charge is 2.29. The number of nitrogens with zero attached hydrogens (tertiary/aromatic N) is 3. The third-order valence-corrected chi connectivity index (χ3v) is 5.36. The monoisotopic (exact) mass is 533 g/mol. The molecule has 4 rings (SSSR count). The van der Waals surface area contributed by atoms with Crippen LogP contribution in [-0.4, -0.2) is 52.0 Å². The van der Waals surface area contributed by atoms with E-state index in [4.69, 9.17) is 14.2 Å². The zero-order valence-electron chi connectivity index (χ0n) is 20.3. The summed E-state index contributed by atoms with van der Waals surface area (Å²) in [4.78, 5) is 23.7. The summed E-state index contributed by atoms with van der Waals surface area (Å²) in [5, 5.41) is 15.3. The summed E-state index contributed by atoms with van der Waals surface area (Å²) in [6.07, 6.45) is -1.22. The Hall–Kier alpha value is -4.29. The maximum absolute atomic E-state index is 12.7. The average molecular weight is 534 g/mol. The number of rotatable bonds is 3. The molecule has 2 heterocycles. The molecule has 38 heavy (non-hydrogen) atoms. The highest BCUT2D eigenvalue weighted by Crippen LogP contribution is 2.27. The molecule has 1 aromatic heterocycles. The van der Waals surface area contributed by atoms with Crippen LogP contribution in [0.3, 0.4) is 0 Å². The number of benzene rings is 2. The first-order chi connectivity index (χ1) is 18.2. The Morgan fingerprint density at radius 2 is 1.74 bits per heavy atom. The quantitative estimate of drug-likeness (QED) is 0.413. The van der Waals surface area contributed by atoms with Gasteiger partial charge in [-0.2, -0.15) is 28.1 Å². The zero-order valence-corrected chi connectivity index (χ0v) is 20.3. The number of halogens is 3. The fourth-order valence-electron chi connectivity index (χ4n) is 3.58. The Kier molecular flexibility index (Phi) is 8.66. The van der Waals surface area contributed by atoms with Gasteiger partial charge in [-0.15, -0.1) is 0 Å². The molecular weight excluding hydrogens is 507 g/mol. The Morgan fingerprint density at radius 3 is 2.50 bits per heavy atom. The van der Waals surface area contributed by atoms with Gasteiger partial charge < -0.3 is 30.0 Å². The van der Waals surface area contributed by atoms with Crippen LogP contribution in [0.4, 0.5) is 30.8 Å². The lowest BCUT2D eigenvalue weighted by molar-refractivity contribution is -0.154. The van der Waals surface area contributed by atoms with E-state index in [0.29, 0.717) is 31.1 Å². The number of carbonyl (C=O) groups is 1. The normalized spacial score (nSPS) is 14.6. The first-order valence-corrected chi connectivity index (χ1v) is 11.9. The Labute approximate surface area is 216 Å². The molecule has 0 saturated carbocycles. The minimum atomic E-state index is -4.59. The molecule has 0 fully saturated rings. The van der Waals surface area contributed by atoms with Crippen LogP contribution in [0.15, 0.2) is 42.5 Å². The second-order valence-corrected chi connectivity index (χ2v) is 8.42. The van der Waals surface area contributed by atoms with Crippen molar-refractivity contribution in [3.05, 3.63) is 53.6 Å². The molecule has 0 saturated heterocycles. The predicted octanol–water partition coefficient (Wildman–Crippen LogP) is 5.20. The van der Waals surface area contributed by atoms with Crippen LogP contribution in [0, 0.1) is 0 Å². The van der Waals surface area contributed by atoms with Crippen molar-refractivity contribution in [2.24, 2.45) is 0 Å². The van der Waals surface area contributed by atoms with Crippen molar-refractivity contribution >= 4 is 23.6 Å².